The van der Waals surface area contributed by atoms with Crippen LogP contribution in [0.4, 0.5) is 0 Å². The van der Waals surface area contributed by atoms with Crippen LogP contribution in [0.5, 0.6) is 5.75 Å². The molecule has 3 aromatic rings. The van der Waals surface area contributed by atoms with Gasteiger partial charge in [0.25, 0.3) is 5.89 Å². The van der Waals surface area contributed by atoms with Crippen molar-refractivity contribution in [1.82, 2.24) is 15.3 Å². The molecular weight excluding hydrogens is 246 g/mol. The standard InChI is InChI=1S/C13H11N3O3/c1-8-6-11(15-18-8)13-14-12(16-19-13)9-4-3-5-10(7-9)17-2/h3-7H,1-2H3. The van der Waals surface area contributed by atoms with Crippen molar-refractivity contribution in [3.63, 3.8) is 0 Å². The van der Waals surface area contributed by atoms with Gasteiger partial charge in [-0.05, 0) is 19.1 Å². The van der Waals surface area contributed by atoms with Gasteiger partial charge in [0, 0.05) is 11.6 Å². The van der Waals surface area contributed by atoms with E-state index in [4.69, 9.17) is 13.8 Å². The molecule has 0 N–H and O–H groups in total. The van der Waals surface area contributed by atoms with Crippen molar-refractivity contribution in [2.45, 2.75) is 6.92 Å². The zero-order valence-corrected chi connectivity index (χ0v) is 10.5. The van der Waals surface area contributed by atoms with E-state index in [1.807, 2.05) is 24.3 Å². The molecule has 0 aliphatic heterocycles. The van der Waals surface area contributed by atoms with E-state index >= 15 is 0 Å². The lowest BCUT2D eigenvalue weighted by Crippen LogP contribution is -1.85. The fraction of sp³-hybridized carbons (Fsp3) is 0.154. The topological polar surface area (TPSA) is 74.2 Å². The number of hydrogen-bond donors (Lipinski definition) is 0. The van der Waals surface area contributed by atoms with Gasteiger partial charge in [-0.1, -0.05) is 22.4 Å². The number of nitrogens with zero attached hydrogens (tertiary/aromatic N) is 3. The van der Waals surface area contributed by atoms with Crippen LogP contribution in [0.3, 0.4) is 0 Å². The van der Waals surface area contributed by atoms with Crippen molar-refractivity contribution < 1.29 is 13.8 Å². The van der Waals surface area contributed by atoms with Crippen LogP contribution in [0, 0.1) is 6.92 Å². The van der Waals surface area contributed by atoms with Gasteiger partial charge in [-0.25, -0.2) is 0 Å². The Bertz CT molecular complexity index is 702. The Morgan fingerprint density at radius 3 is 2.74 bits per heavy atom. The SMILES string of the molecule is COc1cccc(-c2noc(-c3cc(C)on3)n2)c1. The molecule has 0 aliphatic carbocycles. The number of benzene rings is 1. The number of rotatable bonds is 3. The maximum absolute atomic E-state index is 5.17. The van der Waals surface area contributed by atoms with Gasteiger partial charge >= 0.3 is 0 Å². The van der Waals surface area contributed by atoms with Crippen LogP contribution < -0.4 is 4.74 Å². The second-order valence-corrected chi connectivity index (χ2v) is 3.98. The number of methoxy groups -OCH3 is 1. The summed E-state index contributed by atoms with van der Waals surface area (Å²) in [6.07, 6.45) is 0. The quantitative estimate of drug-likeness (QED) is 0.718. The van der Waals surface area contributed by atoms with Crippen molar-refractivity contribution in [2.75, 3.05) is 7.11 Å². The molecule has 1 aromatic carbocycles. The van der Waals surface area contributed by atoms with E-state index in [0.29, 0.717) is 23.2 Å². The van der Waals surface area contributed by atoms with Crippen LogP contribution in [-0.2, 0) is 0 Å². The summed E-state index contributed by atoms with van der Waals surface area (Å²) in [7, 11) is 1.61. The molecule has 0 fully saturated rings. The minimum absolute atomic E-state index is 0.328. The van der Waals surface area contributed by atoms with Crippen molar-refractivity contribution in [2.24, 2.45) is 0 Å². The molecule has 0 amide bonds. The number of ether oxygens (including phenoxy) is 1. The highest BCUT2D eigenvalue weighted by molar-refractivity contribution is 5.59. The average molecular weight is 257 g/mol. The largest absolute Gasteiger partial charge is 0.497 e. The van der Waals surface area contributed by atoms with E-state index in [9.17, 15) is 0 Å². The smallest absolute Gasteiger partial charge is 0.280 e. The van der Waals surface area contributed by atoms with Gasteiger partial charge in [-0.2, -0.15) is 4.98 Å². The van der Waals surface area contributed by atoms with E-state index in [-0.39, 0.29) is 0 Å². The van der Waals surface area contributed by atoms with Gasteiger partial charge in [-0.3, -0.25) is 0 Å². The highest BCUT2D eigenvalue weighted by Crippen LogP contribution is 2.24. The molecule has 6 nitrogen and oxygen atoms in total. The Labute approximate surface area is 109 Å². The molecule has 0 radical (unpaired) electrons. The molecule has 6 heteroatoms. The van der Waals surface area contributed by atoms with Gasteiger partial charge in [0.2, 0.25) is 5.82 Å². The second kappa shape index (κ2) is 4.56. The van der Waals surface area contributed by atoms with E-state index in [2.05, 4.69) is 15.3 Å². The van der Waals surface area contributed by atoms with E-state index in [1.54, 1.807) is 20.1 Å². The normalized spacial score (nSPS) is 10.6. The average Bonchev–Trinajstić information content (AvgIpc) is 3.07. The monoisotopic (exact) mass is 257 g/mol. The first kappa shape index (κ1) is 11.5. The maximum Gasteiger partial charge on any atom is 0.280 e. The first-order chi connectivity index (χ1) is 9.26. The van der Waals surface area contributed by atoms with Crippen molar-refractivity contribution >= 4 is 0 Å². The van der Waals surface area contributed by atoms with Crippen molar-refractivity contribution in [3.8, 4) is 28.7 Å². The van der Waals surface area contributed by atoms with Crippen LogP contribution >= 0.6 is 0 Å². The third-order valence-electron chi connectivity index (χ3n) is 2.60. The lowest BCUT2D eigenvalue weighted by molar-refractivity contribution is 0.390. The van der Waals surface area contributed by atoms with E-state index in [0.717, 1.165) is 11.3 Å². The minimum Gasteiger partial charge on any atom is -0.497 e. The van der Waals surface area contributed by atoms with Crippen LogP contribution in [-0.4, -0.2) is 22.4 Å². The summed E-state index contributed by atoms with van der Waals surface area (Å²) in [6.45, 7) is 1.80. The Morgan fingerprint density at radius 1 is 1.11 bits per heavy atom. The molecule has 0 unspecified atom stereocenters. The Hall–Kier alpha value is -2.63. The first-order valence-electron chi connectivity index (χ1n) is 5.68. The summed E-state index contributed by atoms with van der Waals surface area (Å²) in [6, 6.07) is 9.17. The maximum atomic E-state index is 5.17. The molecule has 0 spiro atoms. The van der Waals surface area contributed by atoms with Gasteiger partial charge < -0.3 is 13.8 Å². The number of aromatic nitrogens is 3. The van der Waals surface area contributed by atoms with Gasteiger partial charge in [-0.15, -0.1) is 0 Å². The molecular formula is C13H11N3O3. The third kappa shape index (κ3) is 2.20. The zero-order valence-electron chi connectivity index (χ0n) is 10.5. The molecule has 0 bridgehead atoms. The first-order valence-corrected chi connectivity index (χ1v) is 5.68. The fourth-order valence-corrected chi connectivity index (χ4v) is 1.67. The molecule has 2 aromatic heterocycles. The lowest BCUT2D eigenvalue weighted by Gasteiger charge is -1.99. The van der Waals surface area contributed by atoms with Crippen LogP contribution in [0.1, 0.15) is 5.76 Å². The third-order valence-corrected chi connectivity index (χ3v) is 2.60. The van der Waals surface area contributed by atoms with Crippen molar-refractivity contribution in [3.05, 3.63) is 36.1 Å². The lowest BCUT2D eigenvalue weighted by atomic mass is 10.2. The summed E-state index contributed by atoms with van der Waals surface area (Å²) >= 11 is 0. The summed E-state index contributed by atoms with van der Waals surface area (Å²) in [5.41, 5.74) is 1.34. The summed E-state index contributed by atoms with van der Waals surface area (Å²) in [5.74, 6) is 2.24. The molecule has 2 heterocycles. The van der Waals surface area contributed by atoms with Crippen LogP contribution in [0.15, 0.2) is 39.4 Å². The molecule has 0 saturated heterocycles. The highest BCUT2D eigenvalue weighted by Gasteiger charge is 2.14. The predicted octanol–water partition coefficient (Wildman–Crippen LogP) is 2.71. The van der Waals surface area contributed by atoms with Crippen LogP contribution in [0.25, 0.3) is 23.0 Å². The zero-order chi connectivity index (χ0) is 13.2. The molecule has 0 atom stereocenters. The predicted molar refractivity (Wildman–Crippen MR) is 66.5 cm³/mol. The van der Waals surface area contributed by atoms with E-state index < -0.39 is 0 Å². The van der Waals surface area contributed by atoms with Gasteiger partial charge in [0.1, 0.15) is 11.5 Å². The number of hydrogen-bond acceptors (Lipinski definition) is 6. The molecule has 19 heavy (non-hydrogen) atoms. The minimum atomic E-state index is 0.328. The molecule has 0 saturated carbocycles. The number of aryl methyl sites for hydroxylation is 1. The molecule has 3 rings (SSSR count). The Kier molecular flexibility index (Phi) is 2.75. The fourth-order valence-electron chi connectivity index (χ4n) is 1.67. The molecule has 96 valence electrons. The van der Waals surface area contributed by atoms with Crippen molar-refractivity contribution in [1.29, 1.82) is 0 Å². The Balaban J connectivity index is 1.96. The second-order valence-electron chi connectivity index (χ2n) is 3.98. The highest BCUT2D eigenvalue weighted by atomic mass is 16.5. The summed E-state index contributed by atoms with van der Waals surface area (Å²) in [5, 5.41) is 7.75. The van der Waals surface area contributed by atoms with E-state index in [1.165, 1.54) is 0 Å². The summed E-state index contributed by atoms with van der Waals surface area (Å²) in [4.78, 5) is 4.28. The summed E-state index contributed by atoms with van der Waals surface area (Å²) < 4.78 is 15.3. The molecule has 0 aliphatic rings. The van der Waals surface area contributed by atoms with Gasteiger partial charge in [0.15, 0.2) is 5.69 Å². The van der Waals surface area contributed by atoms with Gasteiger partial charge in [0.05, 0.1) is 7.11 Å². The van der Waals surface area contributed by atoms with Crippen LogP contribution in [0.2, 0.25) is 0 Å². The Morgan fingerprint density at radius 2 is 2.00 bits per heavy atom.